The minimum Gasteiger partial charge on any atom is -0.449 e. The number of terminal acetylenes is 1. The fraction of sp³-hybridized carbons (Fsp3) is 0.692. The molecule has 0 bridgehead atoms. The largest absolute Gasteiger partial charge is 0.449 e. The molecule has 3 N–H and O–H groups in total. The Bertz CT molecular complexity index is 351. The number of carbonyl (C=O) groups is 2. The summed E-state index contributed by atoms with van der Waals surface area (Å²) in [6.07, 6.45) is 4.44. The van der Waals surface area contributed by atoms with Gasteiger partial charge >= 0.3 is 12.2 Å². The number of amides is 2. The number of rotatable bonds is 7. The van der Waals surface area contributed by atoms with E-state index in [9.17, 15) is 9.59 Å². The van der Waals surface area contributed by atoms with Gasteiger partial charge in [-0.05, 0) is 5.92 Å². The average molecular weight is 270 g/mol. The van der Waals surface area contributed by atoms with Crippen molar-refractivity contribution < 1.29 is 19.1 Å². The lowest BCUT2D eigenvalue weighted by atomic mass is 9.78. The van der Waals surface area contributed by atoms with E-state index in [1.165, 1.54) is 0 Å². The van der Waals surface area contributed by atoms with Crippen molar-refractivity contribution in [2.45, 2.75) is 27.2 Å². The fourth-order valence-electron chi connectivity index (χ4n) is 1.46. The lowest BCUT2D eigenvalue weighted by molar-refractivity contribution is 0.00598. The monoisotopic (exact) mass is 270 g/mol. The summed E-state index contributed by atoms with van der Waals surface area (Å²) in [6, 6.07) is 0. The predicted molar refractivity (Wildman–Crippen MR) is 71.3 cm³/mol. The third kappa shape index (κ3) is 6.55. The minimum atomic E-state index is -0.841. The van der Waals surface area contributed by atoms with Crippen molar-refractivity contribution >= 4 is 12.2 Å². The second-order valence-electron chi connectivity index (χ2n) is 4.70. The Labute approximate surface area is 114 Å². The van der Waals surface area contributed by atoms with Crippen molar-refractivity contribution in [3.63, 3.8) is 0 Å². The lowest BCUT2D eigenvalue weighted by Gasteiger charge is -2.33. The van der Waals surface area contributed by atoms with Gasteiger partial charge in [-0.15, -0.1) is 6.42 Å². The molecule has 2 atom stereocenters. The first-order valence-corrected chi connectivity index (χ1v) is 6.12. The maximum Gasteiger partial charge on any atom is 0.407 e. The number of hydrogen-bond acceptors (Lipinski definition) is 4. The number of nitrogens with one attached hydrogen (secondary N) is 1. The molecule has 0 aliphatic carbocycles. The maximum atomic E-state index is 11.3. The predicted octanol–water partition coefficient (Wildman–Crippen LogP) is 1.49. The molecule has 0 heterocycles. The van der Waals surface area contributed by atoms with Crippen molar-refractivity contribution in [3.8, 4) is 12.3 Å². The standard InChI is InChI=1S/C13H22N2O4/c1-5-7-15-12(17)19-9-13(4,10(3)6-2)8-18-11(14)16/h1,10H,6-9H2,2-4H3,(H2,14,16)(H,15,17). The summed E-state index contributed by atoms with van der Waals surface area (Å²) in [5.41, 5.74) is 4.47. The molecule has 0 saturated carbocycles. The Kier molecular flexibility index (Phi) is 7.42. The van der Waals surface area contributed by atoms with Crippen LogP contribution >= 0.6 is 0 Å². The molecular formula is C13H22N2O4. The minimum absolute atomic E-state index is 0.0970. The lowest BCUT2D eigenvalue weighted by Crippen LogP contribution is -2.39. The van der Waals surface area contributed by atoms with Crippen molar-refractivity contribution in [3.05, 3.63) is 0 Å². The van der Waals surface area contributed by atoms with Gasteiger partial charge in [0.05, 0.1) is 6.54 Å². The zero-order chi connectivity index (χ0) is 14.9. The summed E-state index contributed by atoms with van der Waals surface area (Å²) in [5, 5.41) is 2.40. The summed E-state index contributed by atoms with van der Waals surface area (Å²) in [5.74, 6) is 2.46. The third-order valence-corrected chi connectivity index (χ3v) is 3.21. The molecule has 6 heteroatoms. The van der Waals surface area contributed by atoms with Gasteiger partial charge in [0.1, 0.15) is 13.2 Å². The third-order valence-electron chi connectivity index (χ3n) is 3.21. The van der Waals surface area contributed by atoms with E-state index in [1.54, 1.807) is 0 Å². The first-order chi connectivity index (χ1) is 8.85. The molecule has 0 radical (unpaired) electrons. The van der Waals surface area contributed by atoms with E-state index in [0.29, 0.717) is 0 Å². The van der Waals surface area contributed by atoms with Crippen LogP contribution in [-0.4, -0.2) is 31.9 Å². The van der Waals surface area contributed by atoms with Crippen LogP contribution in [0.4, 0.5) is 9.59 Å². The first kappa shape index (κ1) is 17.1. The smallest absolute Gasteiger partial charge is 0.407 e. The van der Waals surface area contributed by atoms with E-state index in [0.717, 1.165) is 6.42 Å². The number of hydrogen-bond donors (Lipinski definition) is 2. The van der Waals surface area contributed by atoms with Crippen molar-refractivity contribution in [2.75, 3.05) is 19.8 Å². The van der Waals surface area contributed by atoms with Gasteiger partial charge in [0.25, 0.3) is 0 Å². The molecule has 0 fully saturated rings. The van der Waals surface area contributed by atoms with Gasteiger partial charge in [0.15, 0.2) is 0 Å². The van der Waals surface area contributed by atoms with Gasteiger partial charge in [0, 0.05) is 5.41 Å². The van der Waals surface area contributed by atoms with Gasteiger partial charge in [-0.25, -0.2) is 9.59 Å². The molecule has 0 aliphatic heterocycles. The highest BCUT2D eigenvalue weighted by Crippen LogP contribution is 2.30. The average Bonchev–Trinajstić information content (AvgIpc) is 2.39. The molecule has 0 aliphatic rings. The number of carbonyl (C=O) groups excluding carboxylic acids is 2. The van der Waals surface area contributed by atoms with Crippen molar-refractivity contribution in [1.29, 1.82) is 0 Å². The Balaban J connectivity index is 4.46. The molecular weight excluding hydrogens is 248 g/mol. The van der Waals surface area contributed by atoms with E-state index < -0.39 is 17.6 Å². The highest BCUT2D eigenvalue weighted by atomic mass is 16.6. The molecule has 0 spiro atoms. The molecule has 2 unspecified atom stereocenters. The van der Waals surface area contributed by atoms with Gasteiger partial charge in [-0.2, -0.15) is 0 Å². The van der Waals surface area contributed by atoms with Crippen LogP contribution < -0.4 is 11.1 Å². The van der Waals surface area contributed by atoms with Gasteiger partial charge in [-0.3, -0.25) is 0 Å². The quantitative estimate of drug-likeness (QED) is 0.686. The van der Waals surface area contributed by atoms with Crippen molar-refractivity contribution in [2.24, 2.45) is 17.1 Å². The molecule has 0 saturated heterocycles. The Morgan fingerprint density at radius 3 is 2.47 bits per heavy atom. The zero-order valence-electron chi connectivity index (χ0n) is 11.7. The molecule has 0 aromatic carbocycles. The van der Waals surface area contributed by atoms with E-state index in [2.05, 4.69) is 11.2 Å². The van der Waals surface area contributed by atoms with E-state index in [4.69, 9.17) is 21.6 Å². The van der Waals surface area contributed by atoms with Crippen LogP contribution in [0, 0.1) is 23.7 Å². The maximum absolute atomic E-state index is 11.3. The fourth-order valence-corrected chi connectivity index (χ4v) is 1.46. The molecule has 108 valence electrons. The zero-order valence-corrected chi connectivity index (χ0v) is 11.7. The van der Waals surface area contributed by atoms with Crippen LogP contribution in [0.25, 0.3) is 0 Å². The number of alkyl carbamates (subject to hydrolysis) is 1. The van der Waals surface area contributed by atoms with E-state index >= 15 is 0 Å². The van der Waals surface area contributed by atoms with Crippen LogP contribution in [-0.2, 0) is 9.47 Å². The molecule has 6 nitrogen and oxygen atoms in total. The summed E-state index contributed by atoms with van der Waals surface area (Å²) in [4.78, 5) is 22.0. The molecule has 2 amide bonds. The van der Waals surface area contributed by atoms with Crippen LogP contribution in [0.5, 0.6) is 0 Å². The van der Waals surface area contributed by atoms with Gasteiger partial charge in [0.2, 0.25) is 0 Å². The summed E-state index contributed by atoms with van der Waals surface area (Å²) < 4.78 is 9.93. The van der Waals surface area contributed by atoms with E-state index in [1.807, 2.05) is 20.8 Å². The first-order valence-electron chi connectivity index (χ1n) is 6.12. The molecule has 0 aromatic rings. The highest BCUT2D eigenvalue weighted by molar-refractivity contribution is 5.67. The Hall–Kier alpha value is -1.90. The number of nitrogens with two attached hydrogens (primary N) is 1. The van der Waals surface area contributed by atoms with E-state index in [-0.39, 0.29) is 25.7 Å². The van der Waals surface area contributed by atoms with Gasteiger partial charge in [-0.1, -0.05) is 33.1 Å². The summed E-state index contributed by atoms with van der Waals surface area (Å²) in [7, 11) is 0. The second-order valence-corrected chi connectivity index (χ2v) is 4.70. The molecule has 0 aromatic heterocycles. The Morgan fingerprint density at radius 2 is 2.00 bits per heavy atom. The SMILES string of the molecule is C#CCNC(=O)OCC(C)(COC(N)=O)C(C)CC. The second kappa shape index (κ2) is 8.25. The van der Waals surface area contributed by atoms with Crippen LogP contribution in [0.1, 0.15) is 27.2 Å². The van der Waals surface area contributed by atoms with Crippen LogP contribution in [0.15, 0.2) is 0 Å². The van der Waals surface area contributed by atoms with Crippen LogP contribution in [0.3, 0.4) is 0 Å². The topological polar surface area (TPSA) is 90.7 Å². The number of primary amides is 1. The molecule has 19 heavy (non-hydrogen) atoms. The van der Waals surface area contributed by atoms with Crippen molar-refractivity contribution in [1.82, 2.24) is 5.32 Å². The Morgan fingerprint density at radius 1 is 1.42 bits per heavy atom. The summed E-state index contributed by atoms with van der Waals surface area (Å²) in [6.45, 7) is 6.19. The summed E-state index contributed by atoms with van der Waals surface area (Å²) >= 11 is 0. The number of ether oxygens (including phenoxy) is 2. The van der Waals surface area contributed by atoms with Gasteiger partial charge < -0.3 is 20.5 Å². The molecule has 0 rings (SSSR count). The normalized spacial score (nSPS) is 14.6. The highest BCUT2D eigenvalue weighted by Gasteiger charge is 2.33. The van der Waals surface area contributed by atoms with Crippen LogP contribution in [0.2, 0.25) is 0 Å².